The van der Waals surface area contributed by atoms with Gasteiger partial charge in [-0.15, -0.1) is 0 Å². The molecule has 182 valence electrons. The van der Waals surface area contributed by atoms with Crippen molar-refractivity contribution in [2.24, 2.45) is 17.8 Å². The van der Waals surface area contributed by atoms with Crippen LogP contribution in [0.2, 0.25) is 0 Å². The van der Waals surface area contributed by atoms with E-state index in [1.165, 1.54) is 55.9 Å². The highest BCUT2D eigenvalue weighted by Gasteiger charge is 2.41. The standard InChI is InChI=1S/C30H33FN2O2/c1-19-11-20-13-21(12-19)18-30(2,17-20)22-7-9-24(10-8-22)32-25-14-23(31)15-26(16-25)33-28-6-4-3-5-27(28)29(34)35/h3-10,14-16,19-21,32-33H,11-13,17-18H2,1-2H3,(H,34,35). The van der Waals surface area contributed by atoms with E-state index in [1.54, 1.807) is 24.3 Å². The van der Waals surface area contributed by atoms with Crippen molar-refractivity contribution in [3.05, 3.63) is 83.7 Å². The van der Waals surface area contributed by atoms with Gasteiger partial charge in [0.1, 0.15) is 5.82 Å². The van der Waals surface area contributed by atoms with Crippen LogP contribution < -0.4 is 10.6 Å². The van der Waals surface area contributed by atoms with Gasteiger partial charge in [0.25, 0.3) is 0 Å². The zero-order valence-corrected chi connectivity index (χ0v) is 20.4. The van der Waals surface area contributed by atoms with Gasteiger partial charge < -0.3 is 15.7 Å². The van der Waals surface area contributed by atoms with E-state index in [-0.39, 0.29) is 11.0 Å². The Labute approximate surface area is 206 Å². The molecule has 3 N–H and O–H groups in total. The summed E-state index contributed by atoms with van der Waals surface area (Å²) in [5, 5.41) is 15.8. The van der Waals surface area contributed by atoms with E-state index in [0.717, 1.165) is 23.4 Å². The van der Waals surface area contributed by atoms with Crippen LogP contribution in [0.3, 0.4) is 0 Å². The molecule has 0 saturated heterocycles. The number of anilines is 4. The van der Waals surface area contributed by atoms with Gasteiger partial charge in [0.2, 0.25) is 0 Å². The third-order valence-corrected chi connectivity index (χ3v) is 7.82. The van der Waals surface area contributed by atoms with Crippen LogP contribution in [0.25, 0.3) is 0 Å². The molecule has 0 spiro atoms. The lowest BCUT2D eigenvalue weighted by molar-refractivity contribution is 0.0698. The van der Waals surface area contributed by atoms with Gasteiger partial charge >= 0.3 is 5.97 Å². The Morgan fingerprint density at radius 1 is 0.886 bits per heavy atom. The molecular weight excluding hydrogens is 439 g/mol. The maximum atomic E-state index is 14.4. The van der Waals surface area contributed by atoms with Crippen molar-refractivity contribution in [1.29, 1.82) is 0 Å². The first kappa shape index (κ1) is 23.4. The summed E-state index contributed by atoms with van der Waals surface area (Å²) in [5.74, 6) is 1.10. The quantitative estimate of drug-likeness (QED) is 0.339. The Kier molecular flexibility index (Phi) is 6.26. The molecule has 2 bridgehead atoms. The third kappa shape index (κ3) is 5.19. The molecule has 5 heteroatoms. The third-order valence-electron chi connectivity index (χ3n) is 7.82. The van der Waals surface area contributed by atoms with Crippen LogP contribution >= 0.6 is 0 Å². The van der Waals surface area contributed by atoms with Crippen LogP contribution in [0.1, 0.15) is 61.9 Å². The SMILES string of the molecule is CC1CC2CC(C1)CC(C)(c1ccc(Nc3cc(F)cc(Nc4ccccc4C(=O)O)c3)cc1)C2. The molecule has 2 aliphatic rings. The molecule has 2 atom stereocenters. The highest BCUT2D eigenvalue weighted by atomic mass is 19.1. The summed E-state index contributed by atoms with van der Waals surface area (Å²) < 4.78 is 14.4. The zero-order valence-electron chi connectivity index (χ0n) is 20.4. The summed E-state index contributed by atoms with van der Waals surface area (Å²) in [6.45, 7) is 4.82. The zero-order chi connectivity index (χ0) is 24.6. The van der Waals surface area contributed by atoms with Crippen molar-refractivity contribution in [3.8, 4) is 0 Å². The summed E-state index contributed by atoms with van der Waals surface area (Å²) in [5.41, 5.74) is 4.13. The number of rotatable bonds is 6. The summed E-state index contributed by atoms with van der Waals surface area (Å²) in [4.78, 5) is 11.5. The molecule has 2 fully saturated rings. The minimum atomic E-state index is -1.03. The van der Waals surface area contributed by atoms with Crippen molar-refractivity contribution in [1.82, 2.24) is 0 Å². The van der Waals surface area contributed by atoms with Gasteiger partial charge in [0, 0.05) is 17.1 Å². The van der Waals surface area contributed by atoms with Gasteiger partial charge in [-0.05, 0) is 103 Å². The first-order chi connectivity index (χ1) is 16.8. The van der Waals surface area contributed by atoms with Crippen LogP contribution in [0.5, 0.6) is 0 Å². The van der Waals surface area contributed by atoms with Gasteiger partial charge in [-0.2, -0.15) is 0 Å². The van der Waals surface area contributed by atoms with E-state index >= 15 is 0 Å². The first-order valence-electron chi connectivity index (χ1n) is 12.5. The summed E-state index contributed by atoms with van der Waals surface area (Å²) in [6, 6.07) is 19.8. The van der Waals surface area contributed by atoms with Gasteiger partial charge in [-0.1, -0.05) is 38.1 Å². The molecule has 2 unspecified atom stereocenters. The van der Waals surface area contributed by atoms with Crippen molar-refractivity contribution >= 4 is 28.7 Å². The molecule has 0 aromatic heterocycles. The Bertz CT molecular complexity index is 1210. The van der Waals surface area contributed by atoms with Crippen molar-refractivity contribution in [2.45, 2.75) is 51.4 Å². The second-order valence-electron chi connectivity index (χ2n) is 10.9. The number of carbonyl (C=O) groups is 1. The second-order valence-corrected chi connectivity index (χ2v) is 10.9. The second kappa shape index (κ2) is 9.37. The largest absolute Gasteiger partial charge is 0.478 e. The molecule has 0 radical (unpaired) electrons. The maximum Gasteiger partial charge on any atom is 0.337 e. The predicted molar refractivity (Wildman–Crippen MR) is 139 cm³/mol. The number of halogens is 1. The van der Waals surface area contributed by atoms with Crippen molar-refractivity contribution in [2.75, 3.05) is 10.6 Å². The van der Waals surface area contributed by atoms with Gasteiger partial charge in [0.15, 0.2) is 0 Å². The average molecular weight is 473 g/mol. The average Bonchev–Trinajstić information content (AvgIpc) is 2.78. The minimum Gasteiger partial charge on any atom is -0.478 e. The Balaban J connectivity index is 1.31. The van der Waals surface area contributed by atoms with E-state index in [0.29, 0.717) is 17.1 Å². The number of aromatic carboxylic acids is 1. The number of carboxylic acid groups (broad SMARTS) is 1. The van der Waals surface area contributed by atoms with Crippen molar-refractivity contribution in [3.63, 3.8) is 0 Å². The monoisotopic (exact) mass is 472 g/mol. The lowest BCUT2D eigenvalue weighted by Crippen LogP contribution is -2.38. The lowest BCUT2D eigenvalue weighted by atomic mass is 9.57. The fraction of sp³-hybridized carbons (Fsp3) is 0.367. The van der Waals surface area contributed by atoms with Crippen LogP contribution in [0.4, 0.5) is 27.1 Å². The molecule has 3 aromatic rings. The van der Waals surface area contributed by atoms with Gasteiger partial charge in [0.05, 0.1) is 11.3 Å². The molecular formula is C30H33FN2O2. The molecule has 5 rings (SSSR count). The van der Waals surface area contributed by atoms with E-state index in [4.69, 9.17) is 0 Å². The lowest BCUT2D eigenvalue weighted by Gasteiger charge is -2.47. The number of fused-ring (bicyclic) bond motifs is 2. The van der Waals surface area contributed by atoms with Crippen molar-refractivity contribution < 1.29 is 14.3 Å². The van der Waals surface area contributed by atoms with E-state index in [9.17, 15) is 14.3 Å². The molecule has 4 nitrogen and oxygen atoms in total. The molecule has 2 saturated carbocycles. The topological polar surface area (TPSA) is 61.4 Å². The predicted octanol–water partition coefficient (Wildman–Crippen LogP) is 8.12. The Hall–Kier alpha value is -3.34. The summed E-state index contributed by atoms with van der Waals surface area (Å²) in [6.07, 6.45) is 6.64. The smallest absolute Gasteiger partial charge is 0.337 e. The Morgan fingerprint density at radius 3 is 2.17 bits per heavy atom. The van der Waals surface area contributed by atoms with E-state index in [1.807, 2.05) is 0 Å². The van der Waals surface area contributed by atoms with E-state index in [2.05, 4.69) is 48.7 Å². The van der Waals surface area contributed by atoms with E-state index < -0.39 is 11.8 Å². The fourth-order valence-electron chi connectivity index (χ4n) is 6.62. The number of hydrogen-bond donors (Lipinski definition) is 3. The highest BCUT2D eigenvalue weighted by Crippen LogP contribution is 2.51. The number of para-hydroxylation sites is 1. The van der Waals surface area contributed by atoms with Gasteiger partial charge in [-0.25, -0.2) is 9.18 Å². The van der Waals surface area contributed by atoms with Crippen LogP contribution in [0.15, 0.2) is 66.7 Å². The molecule has 0 aliphatic heterocycles. The Morgan fingerprint density at radius 2 is 1.51 bits per heavy atom. The minimum absolute atomic E-state index is 0.136. The van der Waals surface area contributed by atoms with Crippen LogP contribution in [0, 0.1) is 23.6 Å². The molecule has 0 amide bonds. The number of benzene rings is 3. The number of hydrogen-bond acceptors (Lipinski definition) is 3. The van der Waals surface area contributed by atoms with Crippen LogP contribution in [-0.4, -0.2) is 11.1 Å². The summed E-state index contributed by atoms with van der Waals surface area (Å²) >= 11 is 0. The molecule has 0 heterocycles. The fourth-order valence-corrected chi connectivity index (χ4v) is 6.62. The first-order valence-corrected chi connectivity index (χ1v) is 12.5. The molecule has 2 aliphatic carbocycles. The highest BCUT2D eigenvalue weighted by molar-refractivity contribution is 5.95. The summed E-state index contributed by atoms with van der Waals surface area (Å²) in [7, 11) is 0. The van der Waals surface area contributed by atoms with Gasteiger partial charge in [-0.3, -0.25) is 0 Å². The number of carboxylic acids is 1. The van der Waals surface area contributed by atoms with Crippen LogP contribution in [-0.2, 0) is 5.41 Å². The molecule has 3 aromatic carbocycles. The number of nitrogens with one attached hydrogen (secondary N) is 2. The normalized spacial score (nSPS) is 25.6. The maximum absolute atomic E-state index is 14.4. The molecule has 35 heavy (non-hydrogen) atoms.